The SMILES string of the molecule is CCOC(=O)c1sc(NC(=O)c2ccc(N(C)C)c(C)c2)nc1C(F)(F)F. The Bertz CT molecular complexity index is 863. The molecule has 0 aliphatic heterocycles. The number of rotatable bonds is 5. The first kappa shape index (κ1) is 20.7. The Morgan fingerprint density at radius 3 is 2.48 bits per heavy atom. The minimum atomic E-state index is -4.84. The second-order valence-corrected chi connectivity index (χ2v) is 6.76. The Morgan fingerprint density at radius 1 is 1.30 bits per heavy atom. The lowest BCUT2D eigenvalue weighted by Crippen LogP contribution is -2.15. The summed E-state index contributed by atoms with van der Waals surface area (Å²) in [6.45, 7) is 3.22. The first-order chi connectivity index (χ1) is 12.5. The van der Waals surface area contributed by atoms with E-state index in [2.05, 4.69) is 15.0 Å². The first-order valence-corrected chi connectivity index (χ1v) is 8.70. The van der Waals surface area contributed by atoms with E-state index < -0.39 is 28.6 Å². The Hall–Kier alpha value is -2.62. The standard InChI is InChI=1S/C17H18F3N3O3S/c1-5-26-15(25)12-13(17(18,19)20)21-16(27-12)22-14(24)10-6-7-11(23(3)4)9(2)8-10/h6-8H,5H2,1-4H3,(H,21,22,24). The molecule has 6 nitrogen and oxygen atoms in total. The number of aryl methyl sites for hydroxylation is 1. The third kappa shape index (κ3) is 4.76. The summed E-state index contributed by atoms with van der Waals surface area (Å²) < 4.78 is 44.0. The summed E-state index contributed by atoms with van der Waals surface area (Å²) >= 11 is 0.424. The lowest BCUT2D eigenvalue weighted by atomic mass is 10.1. The van der Waals surface area contributed by atoms with Gasteiger partial charge >= 0.3 is 12.1 Å². The Morgan fingerprint density at radius 2 is 1.96 bits per heavy atom. The molecule has 10 heteroatoms. The van der Waals surface area contributed by atoms with Gasteiger partial charge in [-0.2, -0.15) is 13.2 Å². The van der Waals surface area contributed by atoms with Crippen LogP contribution in [0.5, 0.6) is 0 Å². The van der Waals surface area contributed by atoms with E-state index in [0.29, 0.717) is 11.3 Å². The zero-order chi connectivity index (χ0) is 20.4. The second-order valence-electron chi connectivity index (χ2n) is 5.76. The molecule has 1 aromatic carbocycles. The van der Waals surface area contributed by atoms with Crippen LogP contribution in [0.15, 0.2) is 18.2 Å². The number of alkyl halides is 3. The third-order valence-corrected chi connectivity index (χ3v) is 4.47. The zero-order valence-corrected chi connectivity index (χ0v) is 15.9. The number of hydrogen-bond donors (Lipinski definition) is 1. The summed E-state index contributed by atoms with van der Waals surface area (Å²) in [4.78, 5) is 28.7. The van der Waals surface area contributed by atoms with Gasteiger partial charge < -0.3 is 9.64 Å². The highest BCUT2D eigenvalue weighted by molar-refractivity contribution is 7.17. The van der Waals surface area contributed by atoms with Crippen molar-refractivity contribution in [1.29, 1.82) is 0 Å². The summed E-state index contributed by atoms with van der Waals surface area (Å²) in [6.07, 6.45) is -4.84. The van der Waals surface area contributed by atoms with E-state index in [1.807, 2.05) is 25.9 Å². The maximum Gasteiger partial charge on any atom is 0.435 e. The van der Waals surface area contributed by atoms with Crippen molar-refractivity contribution in [2.75, 3.05) is 30.9 Å². The number of nitrogens with one attached hydrogen (secondary N) is 1. The smallest absolute Gasteiger partial charge is 0.435 e. The van der Waals surface area contributed by atoms with Gasteiger partial charge in [-0.25, -0.2) is 9.78 Å². The number of amides is 1. The molecule has 0 atom stereocenters. The maximum atomic E-state index is 13.1. The van der Waals surface area contributed by atoms with E-state index in [-0.39, 0.29) is 17.3 Å². The fourth-order valence-corrected chi connectivity index (χ4v) is 3.24. The Kier molecular flexibility index (Phi) is 6.09. The van der Waals surface area contributed by atoms with Crippen LogP contribution in [0.2, 0.25) is 0 Å². The zero-order valence-electron chi connectivity index (χ0n) is 15.1. The van der Waals surface area contributed by atoms with E-state index in [1.165, 1.54) is 6.92 Å². The summed E-state index contributed by atoms with van der Waals surface area (Å²) in [5, 5.41) is 1.98. The van der Waals surface area contributed by atoms with Crippen molar-refractivity contribution >= 4 is 34.0 Å². The Balaban J connectivity index is 2.30. The fourth-order valence-electron chi connectivity index (χ4n) is 2.37. The Labute approximate surface area is 158 Å². The molecule has 2 rings (SSSR count). The molecule has 1 aromatic heterocycles. The molecule has 0 saturated carbocycles. The van der Waals surface area contributed by atoms with E-state index in [1.54, 1.807) is 18.2 Å². The van der Waals surface area contributed by atoms with E-state index in [4.69, 9.17) is 0 Å². The number of hydrogen-bond acceptors (Lipinski definition) is 6. The lowest BCUT2D eigenvalue weighted by molar-refractivity contribution is -0.141. The van der Waals surface area contributed by atoms with Crippen LogP contribution in [0.25, 0.3) is 0 Å². The normalized spacial score (nSPS) is 11.2. The van der Waals surface area contributed by atoms with Gasteiger partial charge in [0.2, 0.25) is 0 Å². The summed E-state index contributed by atoms with van der Waals surface area (Å²) in [5.41, 5.74) is 0.625. The first-order valence-electron chi connectivity index (χ1n) is 7.89. The number of ether oxygens (including phenoxy) is 1. The van der Waals surface area contributed by atoms with Gasteiger partial charge in [0.15, 0.2) is 10.8 Å². The van der Waals surface area contributed by atoms with Gasteiger partial charge in [-0.05, 0) is 37.6 Å². The fraction of sp³-hybridized carbons (Fsp3) is 0.353. The van der Waals surface area contributed by atoms with Crippen molar-refractivity contribution < 1.29 is 27.5 Å². The molecule has 0 saturated heterocycles. The molecule has 0 fully saturated rings. The molecule has 0 aliphatic rings. The van der Waals surface area contributed by atoms with Gasteiger partial charge in [-0.15, -0.1) is 0 Å². The number of carbonyl (C=O) groups excluding carboxylic acids is 2. The maximum absolute atomic E-state index is 13.1. The minimum Gasteiger partial charge on any atom is -0.462 e. The molecule has 27 heavy (non-hydrogen) atoms. The molecule has 146 valence electrons. The van der Waals surface area contributed by atoms with Crippen LogP contribution in [0, 0.1) is 6.92 Å². The second kappa shape index (κ2) is 7.95. The highest BCUT2D eigenvalue weighted by Crippen LogP contribution is 2.36. The topological polar surface area (TPSA) is 71.5 Å². The number of halogens is 3. The predicted octanol–water partition coefficient (Wildman–Crippen LogP) is 3.97. The van der Waals surface area contributed by atoms with Crippen LogP contribution in [-0.4, -0.2) is 37.6 Å². The highest BCUT2D eigenvalue weighted by Gasteiger charge is 2.40. The van der Waals surface area contributed by atoms with Crippen LogP contribution in [0.1, 0.15) is 38.2 Å². The van der Waals surface area contributed by atoms with Gasteiger partial charge in [-0.3, -0.25) is 10.1 Å². The van der Waals surface area contributed by atoms with Crippen LogP contribution in [-0.2, 0) is 10.9 Å². The van der Waals surface area contributed by atoms with Gasteiger partial charge in [0.1, 0.15) is 4.88 Å². The predicted molar refractivity (Wildman–Crippen MR) is 96.5 cm³/mol. The van der Waals surface area contributed by atoms with Crippen molar-refractivity contribution in [3.8, 4) is 0 Å². The van der Waals surface area contributed by atoms with Crippen LogP contribution in [0.4, 0.5) is 24.0 Å². The van der Waals surface area contributed by atoms with Gasteiger partial charge in [0.05, 0.1) is 6.61 Å². The van der Waals surface area contributed by atoms with Crippen LogP contribution in [0.3, 0.4) is 0 Å². The number of nitrogens with zero attached hydrogens (tertiary/aromatic N) is 2. The van der Waals surface area contributed by atoms with Gasteiger partial charge in [-0.1, -0.05) is 11.3 Å². The van der Waals surface area contributed by atoms with E-state index >= 15 is 0 Å². The number of aromatic nitrogens is 1. The van der Waals surface area contributed by atoms with Crippen molar-refractivity contribution in [1.82, 2.24) is 4.98 Å². The van der Waals surface area contributed by atoms with Gasteiger partial charge in [0.25, 0.3) is 5.91 Å². The van der Waals surface area contributed by atoms with Crippen molar-refractivity contribution in [2.24, 2.45) is 0 Å². The minimum absolute atomic E-state index is 0.0762. The van der Waals surface area contributed by atoms with Crippen LogP contribution < -0.4 is 10.2 Å². The number of thiazole rings is 1. The quantitative estimate of drug-likeness (QED) is 0.768. The lowest BCUT2D eigenvalue weighted by Gasteiger charge is -2.16. The molecular formula is C17H18F3N3O3S. The number of anilines is 2. The van der Waals surface area contributed by atoms with Crippen molar-refractivity contribution in [2.45, 2.75) is 20.0 Å². The monoisotopic (exact) mass is 401 g/mol. The van der Waals surface area contributed by atoms with Gasteiger partial charge in [0, 0.05) is 25.3 Å². The van der Waals surface area contributed by atoms with Crippen molar-refractivity contribution in [3.05, 3.63) is 39.9 Å². The summed E-state index contributed by atoms with van der Waals surface area (Å²) in [7, 11) is 3.71. The average Bonchev–Trinajstić information content (AvgIpc) is 2.99. The summed E-state index contributed by atoms with van der Waals surface area (Å²) in [5.74, 6) is -1.75. The number of esters is 1. The molecular weight excluding hydrogens is 383 g/mol. The molecule has 1 N–H and O–H groups in total. The molecule has 0 aliphatic carbocycles. The molecule has 2 aromatic rings. The van der Waals surface area contributed by atoms with Crippen LogP contribution >= 0.6 is 11.3 Å². The molecule has 0 spiro atoms. The molecule has 0 unspecified atom stereocenters. The molecule has 1 amide bonds. The molecule has 1 heterocycles. The van der Waals surface area contributed by atoms with E-state index in [9.17, 15) is 22.8 Å². The molecule has 0 radical (unpaired) electrons. The number of benzene rings is 1. The average molecular weight is 401 g/mol. The van der Waals surface area contributed by atoms with Crippen molar-refractivity contribution in [3.63, 3.8) is 0 Å². The molecule has 0 bridgehead atoms. The third-order valence-electron chi connectivity index (χ3n) is 3.52. The number of carbonyl (C=O) groups is 2. The highest BCUT2D eigenvalue weighted by atomic mass is 32.1. The van der Waals surface area contributed by atoms with E-state index in [0.717, 1.165) is 11.3 Å². The largest absolute Gasteiger partial charge is 0.462 e. The summed E-state index contributed by atoms with van der Waals surface area (Å²) in [6, 6.07) is 4.91.